The fourth-order valence-electron chi connectivity index (χ4n) is 2.16. The van der Waals surface area contributed by atoms with Crippen LogP contribution in [0.25, 0.3) is 0 Å². The van der Waals surface area contributed by atoms with Crippen molar-refractivity contribution < 1.29 is 9.84 Å². The van der Waals surface area contributed by atoms with Crippen molar-refractivity contribution in [3.8, 4) is 5.75 Å². The summed E-state index contributed by atoms with van der Waals surface area (Å²) < 4.78 is 5.90. The van der Waals surface area contributed by atoms with Crippen molar-refractivity contribution in [2.75, 3.05) is 0 Å². The van der Waals surface area contributed by atoms with Crippen LogP contribution in [-0.4, -0.2) is 10.1 Å². The van der Waals surface area contributed by atoms with Crippen molar-refractivity contribution >= 4 is 11.3 Å². The Morgan fingerprint density at radius 3 is 2.52 bits per heavy atom. The number of hydrogen-bond donors (Lipinski definition) is 1. The maximum Gasteiger partial charge on any atom is 0.140 e. The van der Waals surface area contributed by atoms with E-state index >= 15 is 0 Å². The van der Waals surface area contributed by atoms with E-state index in [1.165, 1.54) is 16.9 Å². The molecule has 0 saturated heterocycles. The van der Waals surface area contributed by atoms with Crippen LogP contribution in [0.15, 0.2) is 18.2 Å². The number of rotatable bonds is 4. The molecule has 1 aromatic carbocycles. The van der Waals surface area contributed by atoms with Crippen molar-refractivity contribution in [3.63, 3.8) is 0 Å². The van der Waals surface area contributed by atoms with Gasteiger partial charge in [-0.05, 0) is 31.0 Å². The minimum Gasteiger partial charge on any atom is -0.486 e. The fourth-order valence-corrected chi connectivity index (χ4v) is 3.21. The number of aliphatic hydroxyl groups is 1. The average molecular weight is 305 g/mol. The minimum absolute atomic E-state index is 0.0355. The van der Waals surface area contributed by atoms with E-state index in [0.29, 0.717) is 6.61 Å². The molecule has 0 fully saturated rings. The maximum absolute atomic E-state index is 9.49. The van der Waals surface area contributed by atoms with Crippen molar-refractivity contribution in [2.24, 2.45) is 0 Å². The average Bonchev–Trinajstić information content (AvgIpc) is 2.83. The summed E-state index contributed by atoms with van der Waals surface area (Å²) in [7, 11) is 0. The topological polar surface area (TPSA) is 42.4 Å². The summed E-state index contributed by atoms with van der Waals surface area (Å²) >= 11 is 1.53. The van der Waals surface area contributed by atoms with E-state index in [2.05, 4.69) is 44.8 Å². The molecule has 0 unspecified atom stereocenters. The molecule has 0 saturated carbocycles. The highest BCUT2D eigenvalue weighted by Crippen LogP contribution is 2.30. The molecule has 1 heterocycles. The monoisotopic (exact) mass is 305 g/mol. The Morgan fingerprint density at radius 1 is 1.24 bits per heavy atom. The van der Waals surface area contributed by atoms with Gasteiger partial charge in [0.25, 0.3) is 0 Å². The van der Waals surface area contributed by atoms with Crippen LogP contribution in [0.2, 0.25) is 0 Å². The predicted molar refractivity (Wildman–Crippen MR) is 87.0 cm³/mol. The van der Waals surface area contributed by atoms with Gasteiger partial charge >= 0.3 is 0 Å². The Bertz CT molecular complexity index is 626. The molecule has 0 spiro atoms. The molecule has 0 radical (unpaired) electrons. The molecule has 0 amide bonds. The molecule has 2 aromatic rings. The first-order valence-corrected chi connectivity index (χ1v) is 7.93. The molecule has 0 aliphatic rings. The van der Waals surface area contributed by atoms with Gasteiger partial charge in [0, 0.05) is 5.41 Å². The molecule has 0 bridgehead atoms. The van der Waals surface area contributed by atoms with Gasteiger partial charge in [0.2, 0.25) is 0 Å². The predicted octanol–water partition coefficient (Wildman–Crippen LogP) is 4.13. The second-order valence-electron chi connectivity index (χ2n) is 6.35. The SMILES string of the molecule is Cc1ccc(C)c(OCc2nc(C(C)(C)C)c(CO)s2)c1. The normalized spacial score (nSPS) is 11.7. The molecule has 0 atom stereocenters. The highest BCUT2D eigenvalue weighted by atomic mass is 32.1. The van der Waals surface area contributed by atoms with E-state index in [0.717, 1.165) is 26.9 Å². The minimum atomic E-state index is -0.0634. The van der Waals surface area contributed by atoms with Gasteiger partial charge in [-0.3, -0.25) is 0 Å². The number of thiazole rings is 1. The first-order chi connectivity index (χ1) is 9.81. The Labute approximate surface area is 130 Å². The van der Waals surface area contributed by atoms with Gasteiger partial charge in [-0.1, -0.05) is 32.9 Å². The molecule has 114 valence electrons. The lowest BCUT2D eigenvalue weighted by Crippen LogP contribution is -2.14. The highest BCUT2D eigenvalue weighted by Gasteiger charge is 2.22. The van der Waals surface area contributed by atoms with Crippen LogP contribution in [0.5, 0.6) is 5.75 Å². The molecule has 3 nitrogen and oxygen atoms in total. The summed E-state index contributed by atoms with van der Waals surface area (Å²) in [5.74, 6) is 0.896. The molecule has 4 heteroatoms. The zero-order valence-electron chi connectivity index (χ0n) is 13.4. The van der Waals surface area contributed by atoms with Crippen LogP contribution in [0.3, 0.4) is 0 Å². The van der Waals surface area contributed by atoms with Gasteiger partial charge in [-0.2, -0.15) is 0 Å². The fraction of sp³-hybridized carbons (Fsp3) is 0.471. The molecule has 0 aliphatic heterocycles. The second-order valence-corrected chi connectivity index (χ2v) is 7.51. The zero-order valence-corrected chi connectivity index (χ0v) is 14.2. The summed E-state index contributed by atoms with van der Waals surface area (Å²) in [6, 6.07) is 6.18. The number of aliphatic hydroxyl groups excluding tert-OH is 1. The van der Waals surface area contributed by atoms with E-state index in [4.69, 9.17) is 4.74 Å². The van der Waals surface area contributed by atoms with Crippen LogP contribution < -0.4 is 4.74 Å². The third kappa shape index (κ3) is 3.83. The summed E-state index contributed by atoms with van der Waals surface area (Å²) in [6.45, 7) is 10.9. The lowest BCUT2D eigenvalue weighted by atomic mass is 9.91. The number of hydrogen-bond acceptors (Lipinski definition) is 4. The molecule has 0 aliphatic carbocycles. The van der Waals surface area contributed by atoms with Gasteiger partial charge in [0.1, 0.15) is 17.4 Å². The molecule has 1 N–H and O–H groups in total. The molecule has 21 heavy (non-hydrogen) atoms. The summed E-state index contributed by atoms with van der Waals surface area (Å²) in [5, 5.41) is 10.4. The van der Waals surface area contributed by atoms with Crippen LogP contribution in [0.4, 0.5) is 0 Å². The highest BCUT2D eigenvalue weighted by molar-refractivity contribution is 7.11. The van der Waals surface area contributed by atoms with Gasteiger partial charge in [0.05, 0.1) is 17.2 Å². The van der Waals surface area contributed by atoms with Gasteiger partial charge in [-0.15, -0.1) is 11.3 Å². The zero-order chi connectivity index (χ0) is 15.6. The van der Waals surface area contributed by atoms with E-state index in [-0.39, 0.29) is 12.0 Å². The van der Waals surface area contributed by atoms with Crippen molar-refractivity contribution in [1.29, 1.82) is 0 Å². The molecular weight excluding hydrogens is 282 g/mol. The smallest absolute Gasteiger partial charge is 0.140 e. The van der Waals surface area contributed by atoms with Crippen LogP contribution >= 0.6 is 11.3 Å². The molecule has 1 aromatic heterocycles. The number of ether oxygens (including phenoxy) is 1. The Hall–Kier alpha value is -1.39. The maximum atomic E-state index is 9.49. The first-order valence-electron chi connectivity index (χ1n) is 7.11. The lowest BCUT2D eigenvalue weighted by Gasteiger charge is -2.16. The summed E-state index contributed by atoms with van der Waals surface area (Å²) in [6.07, 6.45) is 0. The summed E-state index contributed by atoms with van der Waals surface area (Å²) in [4.78, 5) is 5.59. The number of nitrogens with zero attached hydrogens (tertiary/aromatic N) is 1. The first kappa shape index (κ1) is 16.0. The van der Waals surface area contributed by atoms with Crippen molar-refractivity contribution in [3.05, 3.63) is 44.9 Å². The van der Waals surface area contributed by atoms with Crippen LogP contribution in [-0.2, 0) is 18.6 Å². The Morgan fingerprint density at radius 2 is 1.95 bits per heavy atom. The number of aryl methyl sites for hydroxylation is 2. The molecular formula is C17H23NO2S. The van der Waals surface area contributed by atoms with E-state index in [1.54, 1.807) is 0 Å². The summed E-state index contributed by atoms with van der Waals surface area (Å²) in [5.41, 5.74) is 3.21. The van der Waals surface area contributed by atoms with E-state index in [9.17, 15) is 5.11 Å². The van der Waals surface area contributed by atoms with Gasteiger partial charge in [0.15, 0.2) is 0 Å². The second kappa shape index (κ2) is 6.16. The van der Waals surface area contributed by atoms with E-state index in [1.807, 2.05) is 13.0 Å². The number of aromatic nitrogens is 1. The lowest BCUT2D eigenvalue weighted by molar-refractivity contribution is 0.282. The van der Waals surface area contributed by atoms with Crippen molar-refractivity contribution in [2.45, 2.75) is 53.2 Å². The standard InChI is InChI=1S/C17H23NO2S/c1-11-6-7-12(2)13(8-11)20-10-15-18-16(17(3,4)5)14(9-19)21-15/h6-8,19H,9-10H2,1-5H3. The Balaban J connectivity index is 2.17. The van der Waals surface area contributed by atoms with Gasteiger partial charge < -0.3 is 9.84 Å². The number of benzene rings is 1. The van der Waals surface area contributed by atoms with Crippen LogP contribution in [0.1, 0.15) is 47.5 Å². The Kier molecular flexibility index (Phi) is 4.69. The van der Waals surface area contributed by atoms with Crippen molar-refractivity contribution in [1.82, 2.24) is 4.98 Å². The van der Waals surface area contributed by atoms with Gasteiger partial charge in [-0.25, -0.2) is 4.98 Å². The quantitative estimate of drug-likeness (QED) is 0.923. The van der Waals surface area contributed by atoms with Crippen LogP contribution in [0, 0.1) is 13.8 Å². The third-order valence-electron chi connectivity index (χ3n) is 3.29. The molecule has 2 rings (SSSR count). The van der Waals surface area contributed by atoms with E-state index < -0.39 is 0 Å². The largest absolute Gasteiger partial charge is 0.486 e. The third-order valence-corrected chi connectivity index (χ3v) is 4.30.